The van der Waals surface area contributed by atoms with Crippen molar-refractivity contribution in [2.24, 2.45) is 0 Å². The van der Waals surface area contributed by atoms with Gasteiger partial charge in [0.1, 0.15) is 52.6 Å². The summed E-state index contributed by atoms with van der Waals surface area (Å²) in [4.78, 5) is 37.9. The van der Waals surface area contributed by atoms with Crippen LogP contribution >= 0.6 is 0 Å². The van der Waals surface area contributed by atoms with E-state index in [0.29, 0.717) is 0 Å². The quantitative estimate of drug-likeness (QED) is 0.188. The Morgan fingerprint density at radius 1 is 0.745 bits per heavy atom. The number of aromatic hydroxyl groups is 2. The van der Waals surface area contributed by atoms with E-state index in [2.05, 4.69) is 0 Å². The molecule has 2 aromatic carbocycles. The van der Waals surface area contributed by atoms with Gasteiger partial charge in [-0.15, -0.1) is 0 Å². The Hall–Kier alpha value is -4.45. The van der Waals surface area contributed by atoms with Crippen molar-refractivity contribution in [3.8, 4) is 34.3 Å². The van der Waals surface area contributed by atoms with Gasteiger partial charge >= 0.3 is 11.9 Å². The second-order valence-electron chi connectivity index (χ2n) is 11.2. The maximum absolute atomic E-state index is 14.0. The maximum Gasteiger partial charge on any atom is 0.303 e. The van der Waals surface area contributed by atoms with Crippen LogP contribution in [-0.2, 0) is 28.5 Å². The molecule has 0 aliphatic carbocycles. The topological polar surface area (TPSA) is 241 Å². The van der Waals surface area contributed by atoms with Crippen molar-refractivity contribution in [1.29, 1.82) is 0 Å². The van der Waals surface area contributed by atoms with Crippen LogP contribution in [-0.4, -0.2) is 104 Å². The minimum absolute atomic E-state index is 0.113. The van der Waals surface area contributed by atoms with E-state index in [1.807, 2.05) is 0 Å². The third kappa shape index (κ3) is 6.83. The lowest BCUT2D eigenvalue weighted by Crippen LogP contribution is -2.61. The highest BCUT2D eigenvalue weighted by Crippen LogP contribution is 2.39. The summed E-state index contributed by atoms with van der Waals surface area (Å²) >= 11 is 0. The zero-order chi connectivity index (χ0) is 34.3. The number of phenols is 2. The highest BCUT2D eigenvalue weighted by Gasteiger charge is 2.50. The van der Waals surface area contributed by atoms with Crippen LogP contribution in [0.2, 0.25) is 0 Å². The molecule has 16 heteroatoms. The summed E-state index contributed by atoms with van der Waals surface area (Å²) in [7, 11) is 0. The lowest BCUT2D eigenvalue weighted by atomic mass is 9.99. The molecular weight excluding hydrogens is 628 g/mol. The molecule has 0 bridgehead atoms. The monoisotopic (exact) mass is 662 g/mol. The number of rotatable bonds is 7. The Morgan fingerprint density at radius 3 is 1.98 bits per heavy atom. The van der Waals surface area contributed by atoms with E-state index < -0.39 is 95.7 Å². The number of aliphatic hydroxyl groups excluding tert-OH is 4. The summed E-state index contributed by atoms with van der Waals surface area (Å²) < 4.78 is 39.5. The molecule has 6 N–H and O–H groups in total. The second-order valence-corrected chi connectivity index (χ2v) is 11.2. The molecule has 3 aromatic rings. The summed E-state index contributed by atoms with van der Waals surface area (Å²) in [5.41, 5.74) is -0.974. The minimum Gasteiger partial charge on any atom is -0.508 e. The molecule has 0 radical (unpaired) electrons. The SMILES string of the molecule is CC(=O)O[C@@H]1[C@@H](O)[C@H](C)O[C@@H](Oc2c(-c3ccc(O)cc3)oc3cc(O[C@H]4O[C@@H](C)[C@H](O)[C@@H](O)[C@@H]4O)cc(O)c3c2=O)[C@@H]1OC(C)=O. The largest absolute Gasteiger partial charge is 0.508 e. The predicted molar refractivity (Wildman–Crippen MR) is 156 cm³/mol. The normalized spacial score (nSPS) is 30.8. The molecule has 254 valence electrons. The van der Waals surface area contributed by atoms with Gasteiger partial charge < -0.3 is 63.5 Å². The van der Waals surface area contributed by atoms with Crippen LogP contribution in [0.4, 0.5) is 0 Å². The van der Waals surface area contributed by atoms with Crippen molar-refractivity contribution in [2.45, 2.75) is 89.1 Å². The molecule has 0 saturated carbocycles. The number of carbonyl (C=O) groups is 2. The summed E-state index contributed by atoms with van der Waals surface area (Å²) in [5, 5.41) is 61.7. The van der Waals surface area contributed by atoms with Gasteiger partial charge in [0.15, 0.2) is 11.9 Å². The smallest absolute Gasteiger partial charge is 0.303 e. The van der Waals surface area contributed by atoms with Gasteiger partial charge in [0.25, 0.3) is 0 Å². The number of aliphatic hydroxyl groups is 4. The second kappa shape index (κ2) is 13.3. The van der Waals surface area contributed by atoms with Crippen molar-refractivity contribution in [3.63, 3.8) is 0 Å². The number of hydrogen-bond acceptors (Lipinski definition) is 16. The molecule has 0 spiro atoms. The number of hydrogen-bond donors (Lipinski definition) is 6. The van der Waals surface area contributed by atoms with E-state index in [1.165, 1.54) is 44.2 Å². The molecule has 2 saturated heterocycles. The fraction of sp³-hybridized carbons (Fsp3) is 0.452. The van der Waals surface area contributed by atoms with Crippen molar-refractivity contribution < 1.29 is 73.1 Å². The van der Waals surface area contributed by atoms with Crippen LogP contribution in [0, 0.1) is 0 Å². The Kier molecular flexibility index (Phi) is 9.63. The molecule has 47 heavy (non-hydrogen) atoms. The third-order valence-corrected chi connectivity index (χ3v) is 7.69. The van der Waals surface area contributed by atoms with Gasteiger partial charge in [0, 0.05) is 31.5 Å². The average Bonchev–Trinajstić information content (AvgIpc) is 3.00. The van der Waals surface area contributed by atoms with Gasteiger partial charge in [-0.05, 0) is 38.1 Å². The summed E-state index contributed by atoms with van der Waals surface area (Å²) in [6, 6.07) is 7.62. The summed E-state index contributed by atoms with van der Waals surface area (Å²) in [6.45, 7) is 5.04. The lowest BCUT2D eigenvalue weighted by molar-refractivity contribution is -0.277. The predicted octanol–water partition coefficient (Wildman–Crippen LogP) is 0.425. The molecule has 0 unspecified atom stereocenters. The van der Waals surface area contributed by atoms with Gasteiger partial charge in [0.2, 0.25) is 29.9 Å². The molecule has 2 fully saturated rings. The first kappa shape index (κ1) is 33.9. The number of carbonyl (C=O) groups excluding carboxylic acids is 2. The molecule has 10 atom stereocenters. The average molecular weight is 663 g/mol. The number of benzene rings is 2. The van der Waals surface area contributed by atoms with E-state index in [-0.39, 0.29) is 28.4 Å². The van der Waals surface area contributed by atoms with E-state index in [4.69, 9.17) is 32.8 Å². The molecule has 16 nitrogen and oxygen atoms in total. The van der Waals surface area contributed by atoms with Crippen LogP contribution < -0.4 is 14.9 Å². The molecular formula is C31H34O16. The van der Waals surface area contributed by atoms with Crippen molar-refractivity contribution in [1.82, 2.24) is 0 Å². The van der Waals surface area contributed by atoms with E-state index in [9.17, 15) is 45.0 Å². The zero-order valence-corrected chi connectivity index (χ0v) is 25.5. The Bertz CT molecular complexity index is 1690. The number of fused-ring (bicyclic) bond motifs is 1. The van der Waals surface area contributed by atoms with Gasteiger partial charge in [0.05, 0.1) is 12.2 Å². The Labute approximate surface area is 266 Å². The first-order chi connectivity index (χ1) is 22.2. The lowest BCUT2D eigenvalue weighted by Gasteiger charge is -2.41. The van der Waals surface area contributed by atoms with Crippen LogP contribution in [0.5, 0.6) is 23.0 Å². The van der Waals surface area contributed by atoms with Gasteiger partial charge in [-0.25, -0.2) is 0 Å². The summed E-state index contributed by atoms with van der Waals surface area (Å²) in [5.74, 6) is -3.36. The minimum atomic E-state index is -1.67. The maximum atomic E-state index is 14.0. The standard InChI is InChI=1S/C31H34O16/c1-11-21(36)24(39)25(40)30(41-11)45-17-9-18(35)20-19(10-17)46-26(15-5-7-16(34)8-6-15)28(23(20)38)47-31-29(44-14(4)33)27(43-13(3)32)22(37)12(2)42-31/h5-12,21-22,24-25,27,29-31,34-37,39-40H,1-4H3/t11-,12-,21-,22-,24+,25-,27+,29+,30+,31-/m0/s1. The van der Waals surface area contributed by atoms with Gasteiger partial charge in [-0.2, -0.15) is 0 Å². The third-order valence-electron chi connectivity index (χ3n) is 7.69. The van der Waals surface area contributed by atoms with E-state index >= 15 is 0 Å². The number of phenolic OH excluding ortho intramolecular Hbond substituents is 2. The highest BCUT2D eigenvalue weighted by atomic mass is 16.7. The van der Waals surface area contributed by atoms with Gasteiger partial charge in [-0.1, -0.05) is 0 Å². The summed E-state index contributed by atoms with van der Waals surface area (Å²) in [6.07, 6.45) is -14.2. The number of ether oxygens (including phenoxy) is 6. The van der Waals surface area contributed by atoms with Crippen molar-refractivity contribution in [2.75, 3.05) is 0 Å². The highest BCUT2D eigenvalue weighted by molar-refractivity contribution is 5.88. The molecule has 0 amide bonds. The van der Waals surface area contributed by atoms with Crippen LogP contribution in [0.15, 0.2) is 45.6 Å². The fourth-order valence-corrected chi connectivity index (χ4v) is 5.32. The van der Waals surface area contributed by atoms with Crippen molar-refractivity contribution in [3.05, 3.63) is 46.6 Å². The van der Waals surface area contributed by atoms with Crippen LogP contribution in [0.25, 0.3) is 22.3 Å². The van der Waals surface area contributed by atoms with Crippen LogP contribution in [0.1, 0.15) is 27.7 Å². The first-order valence-corrected chi connectivity index (χ1v) is 14.5. The Morgan fingerprint density at radius 2 is 1.34 bits per heavy atom. The molecule has 5 rings (SSSR count). The molecule has 1 aromatic heterocycles. The van der Waals surface area contributed by atoms with E-state index in [1.54, 1.807) is 0 Å². The Balaban J connectivity index is 1.61. The van der Waals surface area contributed by atoms with Crippen molar-refractivity contribution >= 4 is 22.9 Å². The van der Waals surface area contributed by atoms with Gasteiger partial charge in [-0.3, -0.25) is 14.4 Å². The fourth-order valence-electron chi connectivity index (χ4n) is 5.32. The molecule has 3 heterocycles. The first-order valence-electron chi connectivity index (χ1n) is 14.5. The van der Waals surface area contributed by atoms with E-state index in [0.717, 1.165) is 19.9 Å². The van der Waals surface area contributed by atoms with Crippen LogP contribution in [0.3, 0.4) is 0 Å². The zero-order valence-electron chi connectivity index (χ0n) is 25.5. The molecule has 2 aliphatic rings. The number of esters is 2. The molecule has 2 aliphatic heterocycles.